The largest absolute Gasteiger partial charge is 0.300 e. The predicted molar refractivity (Wildman–Crippen MR) is 62.2 cm³/mol. The number of allylic oxidation sites excluding steroid dienone is 2. The average Bonchev–Trinajstić information content (AvgIpc) is 2.25. The van der Waals surface area contributed by atoms with Crippen LogP contribution in [0.3, 0.4) is 0 Å². The second-order valence-electron chi connectivity index (χ2n) is 4.23. The third-order valence-electron chi connectivity index (χ3n) is 2.68. The molecule has 0 spiro atoms. The highest BCUT2D eigenvalue weighted by atomic mass is 16.6. The van der Waals surface area contributed by atoms with Gasteiger partial charge in [0.1, 0.15) is 5.78 Å². The van der Waals surface area contributed by atoms with Gasteiger partial charge >= 0.3 is 0 Å². The number of carbonyl (C=O) groups is 2. The molecular weight excluding hydrogens is 222 g/mol. The van der Waals surface area contributed by atoms with Crippen molar-refractivity contribution in [3.05, 3.63) is 33.4 Å². The number of rotatable bonds is 5. The highest BCUT2D eigenvalue weighted by molar-refractivity contribution is 5.94. The Balaban J connectivity index is 2.86. The molecule has 0 amide bonds. The monoisotopic (exact) mass is 237 g/mol. The van der Waals surface area contributed by atoms with Crippen LogP contribution < -0.4 is 0 Å². The number of hydrogen-bond acceptors (Lipinski definition) is 4. The predicted octanol–water partition coefficient (Wildman–Crippen LogP) is 1.85. The molecule has 17 heavy (non-hydrogen) atoms. The van der Waals surface area contributed by atoms with E-state index in [0.29, 0.717) is 24.0 Å². The van der Waals surface area contributed by atoms with Gasteiger partial charge in [-0.3, -0.25) is 14.9 Å². The molecule has 1 rings (SSSR count). The van der Waals surface area contributed by atoms with Crippen molar-refractivity contribution in [2.45, 2.75) is 39.2 Å². The minimum absolute atomic E-state index is 0.0342. The van der Waals surface area contributed by atoms with Crippen LogP contribution in [-0.2, 0) is 9.59 Å². The summed E-state index contributed by atoms with van der Waals surface area (Å²) in [5.41, 5.74) is 1.17. The van der Waals surface area contributed by atoms with Gasteiger partial charge in [0.15, 0.2) is 5.78 Å². The summed E-state index contributed by atoms with van der Waals surface area (Å²) in [6.07, 6.45) is 4.15. The van der Waals surface area contributed by atoms with Crippen LogP contribution in [0.5, 0.6) is 0 Å². The van der Waals surface area contributed by atoms with E-state index >= 15 is 0 Å². The Bertz CT molecular complexity index is 420. The van der Waals surface area contributed by atoms with Gasteiger partial charge in [0.25, 0.3) is 0 Å². The molecule has 1 unspecified atom stereocenters. The molecule has 0 radical (unpaired) electrons. The van der Waals surface area contributed by atoms with Gasteiger partial charge in [-0.1, -0.05) is 6.08 Å². The van der Waals surface area contributed by atoms with E-state index in [1.54, 1.807) is 6.08 Å². The molecule has 5 nitrogen and oxygen atoms in total. The Hall–Kier alpha value is -1.78. The SMILES string of the molecule is CC(=O)CCC1=CC([N+](=O)[O-])CC(C(C)=O)=C1. The molecule has 0 aromatic carbocycles. The van der Waals surface area contributed by atoms with Gasteiger partial charge in [-0.25, -0.2) is 0 Å². The van der Waals surface area contributed by atoms with Crippen LogP contribution >= 0.6 is 0 Å². The lowest BCUT2D eigenvalue weighted by atomic mass is 9.91. The van der Waals surface area contributed by atoms with Crippen LogP contribution in [0.4, 0.5) is 0 Å². The molecule has 0 saturated heterocycles. The maximum absolute atomic E-state index is 11.3. The van der Waals surface area contributed by atoms with Crippen molar-refractivity contribution in [2.24, 2.45) is 0 Å². The molecule has 1 aliphatic rings. The molecule has 0 heterocycles. The van der Waals surface area contributed by atoms with Crippen molar-refractivity contribution in [1.29, 1.82) is 0 Å². The molecule has 1 atom stereocenters. The van der Waals surface area contributed by atoms with Crippen molar-refractivity contribution in [2.75, 3.05) is 0 Å². The minimum atomic E-state index is -0.846. The quantitative estimate of drug-likeness (QED) is 0.540. The van der Waals surface area contributed by atoms with Crippen LogP contribution in [0.25, 0.3) is 0 Å². The van der Waals surface area contributed by atoms with Gasteiger partial charge in [-0.05, 0) is 31.9 Å². The standard InChI is InChI=1S/C12H15NO4/c1-8(14)3-4-10-5-11(9(2)15)7-12(6-10)13(16)17/h5-6,12H,3-4,7H2,1-2H3. The highest BCUT2D eigenvalue weighted by Gasteiger charge is 2.25. The van der Waals surface area contributed by atoms with Gasteiger partial charge in [0.05, 0.1) is 0 Å². The van der Waals surface area contributed by atoms with E-state index in [1.165, 1.54) is 19.9 Å². The van der Waals surface area contributed by atoms with Crippen molar-refractivity contribution in [1.82, 2.24) is 0 Å². The first-order chi connectivity index (χ1) is 7.90. The van der Waals surface area contributed by atoms with Crippen LogP contribution in [0.15, 0.2) is 23.3 Å². The average molecular weight is 237 g/mol. The summed E-state index contributed by atoms with van der Waals surface area (Å²) in [7, 11) is 0. The molecule has 0 N–H and O–H groups in total. The Morgan fingerprint density at radius 3 is 2.59 bits per heavy atom. The molecule has 5 heteroatoms. The van der Waals surface area contributed by atoms with E-state index in [1.807, 2.05) is 0 Å². The second kappa shape index (κ2) is 5.52. The van der Waals surface area contributed by atoms with Crippen LogP contribution in [0, 0.1) is 10.1 Å². The highest BCUT2D eigenvalue weighted by Crippen LogP contribution is 2.23. The van der Waals surface area contributed by atoms with E-state index in [9.17, 15) is 19.7 Å². The molecule has 0 bridgehead atoms. The lowest BCUT2D eigenvalue weighted by molar-refractivity contribution is -0.508. The number of hydrogen-bond donors (Lipinski definition) is 0. The number of Topliss-reactive ketones (excluding diaryl/α,β-unsaturated/α-hetero) is 2. The van der Waals surface area contributed by atoms with Crippen molar-refractivity contribution in [3.63, 3.8) is 0 Å². The summed E-state index contributed by atoms with van der Waals surface area (Å²) in [4.78, 5) is 32.5. The third-order valence-corrected chi connectivity index (χ3v) is 2.68. The van der Waals surface area contributed by atoms with Crippen LogP contribution in [-0.4, -0.2) is 22.5 Å². The summed E-state index contributed by atoms with van der Waals surface area (Å²) < 4.78 is 0. The summed E-state index contributed by atoms with van der Waals surface area (Å²) in [6, 6.07) is -0.846. The summed E-state index contributed by atoms with van der Waals surface area (Å²) in [5, 5.41) is 10.8. The molecular formula is C12H15NO4. The molecule has 0 aliphatic heterocycles. The minimum Gasteiger partial charge on any atom is -0.300 e. The summed E-state index contributed by atoms with van der Waals surface area (Å²) in [6.45, 7) is 2.88. The first-order valence-electron chi connectivity index (χ1n) is 5.45. The van der Waals surface area contributed by atoms with E-state index < -0.39 is 11.0 Å². The van der Waals surface area contributed by atoms with Gasteiger partial charge in [-0.2, -0.15) is 0 Å². The van der Waals surface area contributed by atoms with E-state index in [-0.39, 0.29) is 18.0 Å². The maximum atomic E-state index is 11.3. The van der Waals surface area contributed by atoms with Gasteiger partial charge in [0, 0.05) is 23.3 Å². The molecule has 92 valence electrons. The smallest absolute Gasteiger partial charge is 0.235 e. The first-order valence-corrected chi connectivity index (χ1v) is 5.45. The van der Waals surface area contributed by atoms with Crippen molar-refractivity contribution < 1.29 is 14.5 Å². The maximum Gasteiger partial charge on any atom is 0.235 e. The zero-order valence-corrected chi connectivity index (χ0v) is 9.93. The Morgan fingerprint density at radius 2 is 2.12 bits per heavy atom. The third kappa shape index (κ3) is 3.94. The fraction of sp³-hybridized carbons (Fsp3) is 0.500. The van der Waals surface area contributed by atoms with Crippen LogP contribution in [0.1, 0.15) is 33.1 Å². The molecule has 0 aromatic heterocycles. The zero-order chi connectivity index (χ0) is 13.0. The molecule has 0 fully saturated rings. The Kier molecular flexibility index (Phi) is 4.31. The fourth-order valence-corrected chi connectivity index (χ4v) is 1.72. The van der Waals surface area contributed by atoms with Crippen molar-refractivity contribution >= 4 is 11.6 Å². The molecule has 1 aliphatic carbocycles. The lowest BCUT2D eigenvalue weighted by Crippen LogP contribution is -2.22. The normalized spacial score (nSPS) is 19.3. The van der Waals surface area contributed by atoms with E-state index in [4.69, 9.17) is 0 Å². The fourth-order valence-electron chi connectivity index (χ4n) is 1.72. The van der Waals surface area contributed by atoms with Crippen molar-refractivity contribution in [3.8, 4) is 0 Å². The summed E-state index contributed by atoms with van der Waals surface area (Å²) in [5.74, 6) is -0.114. The number of nitrogens with zero attached hydrogens (tertiary/aromatic N) is 1. The first kappa shape index (κ1) is 13.3. The van der Waals surface area contributed by atoms with Crippen LogP contribution in [0.2, 0.25) is 0 Å². The zero-order valence-electron chi connectivity index (χ0n) is 9.93. The van der Waals surface area contributed by atoms with Gasteiger partial charge in [0.2, 0.25) is 6.04 Å². The molecule has 0 aromatic rings. The number of ketones is 2. The molecule has 0 saturated carbocycles. The Morgan fingerprint density at radius 1 is 1.47 bits per heavy atom. The topological polar surface area (TPSA) is 77.3 Å². The van der Waals surface area contributed by atoms with Gasteiger partial charge in [-0.15, -0.1) is 0 Å². The Labute approximate surface area is 99.3 Å². The van der Waals surface area contributed by atoms with Gasteiger partial charge < -0.3 is 4.79 Å². The van der Waals surface area contributed by atoms with E-state index in [2.05, 4.69) is 0 Å². The summed E-state index contributed by atoms with van der Waals surface area (Å²) >= 11 is 0. The second-order valence-corrected chi connectivity index (χ2v) is 4.23. The number of carbonyl (C=O) groups excluding carboxylic acids is 2. The number of nitro groups is 1. The lowest BCUT2D eigenvalue weighted by Gasteiger charge is -2.14. The van der Waals surface area contributed by atoms with E-state index in [0.717, 1.165) is 0 Å².